The first-order valence-electron chi connectivity index (χ1n) is 11.0. The van der Waals surface area contributed by atoms with E-state index in [9.17, 15) is 14.3 Å². The van der Waals surface area contributed by atoms with Gasteiger partial charge in [-0.25, -0.2) is 14.2 Å². The summed E-state index contributed by atoms with van der Waals surface area (Å²) >= 11 is 5.90. The van der Waals surface area contributed by atoms with Crippen LogP contribution in [-0.2, 0) is 11.2 Å². The van der Waals surface area contributed by atoms with Gasteiger partial charge in [0.25, 0.3) is 0 Å². The number of nitrogens with one attached hydrogen (secondary N) is 1. The molecule has 3 aromatic rings. The van der Waals surface area contributed by atoms with E-state index < -0.39 is 11.8 Å². The lowest BCUT2D eigenvalue weighted by Gasteiger charge is -2.33. The van der Waals surface area contributed by atoms with Crippen LogP contribution in [0.25, 0.3) is 11.1 Å². The standard InChI is InChI=1S/C24H25ClFN5O3/c1-3-21-17(23(32)33)10-14(12-27-21)18-13-28-24(29-15-4-5-20(26)19(25)11-15)30-22(18)31-8-6-16(34-2)7-9-31/h4-5,10-13,16H,3,6-9H2,1-2H3,(H,32,33)(H,28,29,30). The maximum absolute atomic E-state index is 13.5. The highest BCUT2D eigenvalue weighted by Gasteiger charge is 2.24. The van der Waals surface area contributed by atoms with E-state index in [1.807, 2.05) is 6.92 Å². The van der Waals surface area contributed by atoms with Crippen molar-refractivity contribution >= 4 is 35.0 Å². The molecule has 1 aliphatic rings. The van der Waals surface area contributed by atoms with Crippen LogP contribution in [0.15, 0.2) is 36.7 Å². The quantitative estimate of drug-likeness (QED) is 0.484. The lowest BCUT2D eigenvalue weighted by molar-refractivity contribution is 0.0695. The van der Waals surface area contributed by atoms with Crippen LogP contribution in [0.3, 0.4) is 0 Å². The van der Waals surface area contributed by atoms with Crippen LogP contribution in [0.1, 0.15) is 35.8 Å². The van der Waals surface area contributed by atoms with Crippen LogP contribution in [0.2, 0.25) is 5.02 Å². The minimum Gasteiger partial charge on any atom is -0.478 e. The molecule has 4 rings (SSSR count). The average Bonchev–Trinajstić information content (AvgIpc) is 2.86. The van der Waals surface area contributed by atoms with Crippen LogP contribution in [0, 0.1) is 5.82 Å². The second kappa shape index (κ2) is 10.3. The summed E-state index contributed by atoms with van der Waals surface area (Å²) in [7, 11) is 1.71. The summed E-state index contributed by atoms with van der Waals surface area (Å²) in [4.78, 5) is 27.4. The predicted molar refractivity (Wildman–Crippen MR) is 129 cm³/mol. The molecule has 1 fully saturated rings. The van der Waals surface area contributed by atoms with E-state index in [1.165, 1.54) is 12.1 Å². The maximum atomic E-state index is 13.5. The number of piperidine rings is 1. The third-order valence-electron chi connectivity index (χ3n) is 5.87. The Labute approximate surface area is 201 Å². The molecule has 1 saturated heterocycles. The van der Waals surface area contributed by atoms with Crippen LogP contribution in [0.5, 0.6) is 0 Å². The zero-order valence-electron chi connectivity index (χ0n) is 18.9. The largest absolute Gasteiger partial charge is 0.478 e. The molecule has 8 nitrogen and oxygen atoms in total. The number of pyridine rings is 1. The van der Waals surface area contributed by atoms with Crippen LogP contribution < -0.4 is 10.2 Å². The van der Waals surface area contributed by atoms with Crippen molar-refractivity contribution in [2.24, 2.45) is 0 Å². The summed E-state index contributed by atoms with van der Waals surface area (Å²) in [6.07, 6.45) is 5.67. The second-order valence-corrected chi connectivity index (χ2v) is 8.39. The molecule has 1 aliphatic heterocycles. The van der Waals surface area contributed by atoms with Gasteiger partial charge in [0.15, 0.2) is 0 Å². The summed E-state index contributed by atoms with van der Waals surface area (Å²) in [6, 6.07) is 5.90. The first-order valence-corrected chi connectivity index (χ1v) is 11.4. The zero-order chi connectivity index (χ0) is 24.2. The third-order valence-corrected chi connectivity index (χ3v) is 6.16. The maximum Gasteiger partial charge on any atom is 0.337 e. The SMILES string of the molecule is CCc1ncc(-c2cnc(Nc3ccc(F)c(Cl)c3)nc2N2CCC(OC)CC2)cc1C(=O)O. The van der Waals surface area contributed by atoms with Gasteiger partial charge in [-0.15, -0.1) is 0 Å². The first-order chi connectivity index (χ1) is 16.4. The number of halogens is 2. The molecule has 0 radical (unpaired) electrons. The fraction of sp³-hybridized carbons (Fsp3) is 0.333. The molecule has 0 aliphatic carbocycles. The molecule has 3 heterocycles. The van der Waals surface area contributed by atoms with Crippen molar-refractivity contribution in [2.45, 2.75) is 32.3 Å². The molecule has 2 aromatic heterocycles. The van der Waals surface area contributed by atoms with Gasteiger partial charge in [0.2, 0.25) is 5.95 Å². The van der Waals surface area contributed by atoms with E-state index in [2.05, 4.69) is 20.2 Å². The minimum atomic E-state index is -1.03. The molecular weight excluding hydrogens is 461 g/mol. The number of rotatable bonds is 7. The highest BCUT2D eigenvalue weighted by Crippen LogP contribution is 2.33. The number of aromatic carboxylic acids is 1. The van der Waals surface area contributed by atoms with Gasteiger partial charge in [0.05, 0.1) is 22.4 Å². The van der Waals surface area contributed by atoms with Gasteiger partial charge in [-0.3, -0.25) is 4.98 Å². The van der Waals surface area contributed by atoms with Gasteiger partial charge in [0.1, 0.15) is 11.6 Å². The Hall–Kier alpha value is -3.30. The molecule has 0 saturated carbocycles. The molecule has 0 spiro atoms. The fourth-order valence-electron chi connectivity index (χ4n) is 3.99. The van der Waals surface area contributed by atoms with Crippen molar-refractivity contribution in [3.05, 3.63) is 58.8 Å². The number of carboxylic acids is 1. The van der Waals surface area contributed by atoms with Gasteiger partial charge in [-0.05, 0) is 43.5 Å². The number of methoxy groups -OCH3 is 1. The van der Waals surface area contributed by atoms with Crippen molar-refractivity contribution in [3.63, 3.8) is 0 Å². The van der Waals surface area contributed by atoms with E-state index in [4.69, 9.17) is 21.3 Å². The monoisotopic (exact) mass is 485 g/mol. The van der Waals surface area contributed by atoms with Crippen molar-refractivity contribution < 1.29 is 19.0 Å². The van der Waals surface area contributed by atoms with E-state index in [1.54, 1.807) is 31.6 Å². The van der Waals surface area contributed by atoms with Crippen molar-refractivity contribution in [1.29, 1.82) is 0 Å². The number of hydrogen-bond donors (Lipinski definition) is 2. The molecule has 34 heavy (non-hydrogen) atoms. The Balaban J connectivity index is 1.74. The molecule has 0 unspecified atom stereocenters. The second-order valence-electron chi connectivity index (χ2n) is 7.98. The number of benzene rings is 1. The van der Waals surface area contributed by atoms with Gasteiger partial charge in [0, 0.05) is 49.4 Å². The highest BCUT2D eigenvalue weighted by atomic mass is 35.5. The summed E-state index contributed by atoms with van der Waals surface area (Å²) < 4.78 is 19.0. The van der Waals surface area contributed by atoms with E-state index >= 15 is 0 Å². The number of hydrogen-bond acceptors (Lipinski definition) is 7. The topological polar surface area (TPSA) is 100 Å². The number of carboxylic acid groups (broad SMARTS) is 1. The predicted octanol–water partition coefficient (Wildman–Crippen LogP) is 4.95. The Bertz CT molecular complexity index is 1200. The molecule has 0 amide bonds. The van der Waals surface area contributed by atoms with Gasteiger partial charge < -0.3 is 20.1 Å². The Morgan fingerprint density at radius 3 is 2.68 bits per heavy atom. The van der Waals surface area contributed by atoms with Gasteiger partial charge in [-0.1, -0.05) is 18.5 Å². The summed E-state index contributed by atoms with van der Waals surface area (Å²) in [6.45, 7) is 3.30. The fourth-order valence-corrected chi connectivity index (χ4v) is 4.17. The van der Waals surface area contributed by atoms with E-state index in [-0.39, 0.29) is 16.7 Å². The normalized spacial score (nSPS) is 14.3. The number of nitrogens with zero attached hydrogens (tertiary/aromatic N) is 4. The third kappa shape index (κ3) is 5.10. The summed E-state index contributed by atoms with van der Waals surface area (Å²) in [5, 5.41) is 12.7. The molecule has 2 N–H and O–H groups in total. The first kappa shape index (κ1) is 23.8. The lowest BCUT2D eigenvalue weighted by Crippen LogP contribution is -2.37. The van der Waals surface area contributed by atoms with Crippen LogP contribution >= 0.6 is 11.6 Å². The van der Waals surface area contributed by atoms with Crippen LogP contribution in [0.4, 0.5) is 21.8 Å². The van der Waals surface area contributed by atoms with E-state index in [0.717, 1.165) is 25.9 Å². The Morgan fingerprint density at radius 1 is 1.26 bits per heavy atom. The van der Waals surface area contributed by atoms with Crippen molar-refractivity contribution in [2.75, 3.05) is 30.4 Å². The highest BCUT2D eigenvalue weighted by molar-refractivity contribution is 6.31. The molecule has 0 atom stereocenters. The molecule has 178 valence electrons. The molecular formula is C24H25ClFN5O3. The van der Waals surface area contributed by atoms with E-state index in [0.29, 0.717) is 40.7 Å². The molecule has 0 bridgehead atoms. The Kier molecular flexibility index (Phi) is 7.23. The van der Waals surface area contributed by atoms with Crippen LogP contribution in [-0.4, -0.2) is 52.3 Å². The number of aryl methyl sites for hydroxylation is 1. The summed E-state index contributed by atoms with van der Waals surface area (Å²) in [5.74, 6) is -0.571. The smallest absolute Gasteiger partial charge is 0.337 e. The van der Waals surface area contributed by atoms with Gasteiger partial charge in [-0.2, -0.15) is 4.98 Å². The number of anilines is 3. The number of carbonyl (C=O) groups is 1. The number of ether oxygens (including phenoxy) is 1. The van der Waals surface area contributed by atoms with Gasteiger partial charge >= 0.3 is 5.97 Å². The molecule has 10 heteroatoms. The average molecular weight is 486 g/mol. The Morgan fingerprint density at radius 2 is 2.03 bits per heavy atom. The summed E-state index contributed by atoms with van der Waals surface area (Å²) in [5.41, 5.74) is 2.52. The van der Waals surface area contributed by atoms with Crippen molar-refractivity contribution in [1.82, 2.24) is 15.0 Å². The zero-order valence-corrected chi connectivity index (χ0v) is 19.6. The minimum absolute atomic E-state index is 0.00762. The lowest BCUT2D eigenvalue weighted by atomic mass is 10.0. The van der Waals surface area contributed by atoms with Crippen molar-refractivity contribution in [3.8, 4) is 11.1 Å². The number of aromatic nitrogens is 3. The molecule has 1 aromatic carbocycles.